The number of carbonyl (C=O) groups is 2. The van der Waals surface area contributed by atoms with Crippen LogP contribution in [0.5, 0.6) is 0 Å². The minimum atomic E-state index is -0.602. The van der Waals surface area contributed by atoms with Crippen molar-refractivity contribution in [3.63, 3.8) is 0 Å². The van der Waals surface area contributed by atoms with Crippen molar-refractivity contribution in [2.45, 2.75) is 6.42 Å². The van der Waals surface area contributed by atoms with Gasteiger partial charge in [-0.05, 0) is 35.9 Å². The van der Waals surface area contributed by atoms with Gasteiger partial charge in [0.05, 0.1) is 17.1 Å². The molecule has 0 radical (unpaired) electrons. The molecule has 8 nitrogen and oxygen atoms in total. The average Bonchev–Trinajstić information content (AvgIpc) is 3.04. The van der Waals surface area contributed by atoms with E-state index in [4.69, 9.17) is 0 Å². The Kier molecular flexibility index (Phi) is 5.20. The van der Waals surface area contributed by atoms with Crippen LogP contribution in [-0.2, 0) is 9.59 Å². The van der Waals surface area contributed by atoms with Crippen molar-refractivity contribution >= 4 is 29.4 Å². The smallest absolute Gasteiger partial charge is 0.269 e. The molecule has 1 aliphatic heterocycles. The minimum absolute atomic E-state index is 0.00932. The molecule has 0 bridgehead atoms. The molecule has 2 aromatic carbocycles. The van der Waals surface area contributed by atoms with Gasteiger partial charge in [0.25, 0.3) is 5.69 Å². The van der Waals surface area contributed by atoms with E-state index in [1.165, 1.54) is 53.6 Å². The molecule has 0 saturated carbocycles. The second-order valence-corrected chi connectivity index (χ2v) is 5.97. The van der Waals surface area contributed by atoms with E-state index in [1.807, 2.05) is 0 Å². The summed E-state index contributed by atoms with van der Waals surface area (Å²) in [4.78, 5) is 35.8. The van der Waals surface area contributed by atoms with E-state index in [9.17, 15) is 24.1 Å². The van der Waals surface area contributed by atoms with Gasteiger partial charge in [0.1, 0.15) is 5.82 Å². The summed E-state index contributed by atoms with van der Waals surface area (Å²) in [5.74, 6) is -1.75. The highest BCUT2D eigenvalue weighted by Gasteiger charge is 2.35. The number of amides is 2. The molecule has 2 aromatic rings. The van der Waals surface area contributed by atoms with Crippen LogP contribution in [0.2, 0.25) is 0 Å². The number of benzene rings is 2. The highest BCUT2D eigenvalue weighted by molar-refractivity contribution is 6.00. The second kappa shape index (κ2) is 7.73. The van der Waals surface area contributed by atoms with Crippen LogP contribution < -0.4 is 10.3 Å². The van der Waals surface area contributed by atoms with Gasteiger partial charge in [0, 0.05) is 30.8 Å². The zero-order valence-electron chi connectivity index (χ0n) is 14.0. The normalized spacial score (nSPS) is 16.7. The third kappa shape index (κ3) is 4.32. The summed E-state index contributed by atoms with van der Waals surface area (Å²) in [5, 5.41) is 14.4. The maximum absolute atomic E-state index is 13.3. The Morgan fingerprint density at radius 2 is 2.04 bits per heavy atom. The predicted molar refractivity (Wildman–Crippen MR) is 95.7 cm³/mol. The van der Waals surface area contributed by atoms with E-state index < -0.39 is 22.6 Å². The molecule has 3 rings (SSSR count). The molecular formula is C18H15FN4O4. The van der Waals surface area contributed by atoms with Crippen molar-refractivity contribution in [3.05, 3.63) is 70.0 Å². The van der Waals surface area contributed by atoms with E-state index in [-0.39, 0.29) is 24.6 Å². The average molecular weight is 370 g/mol. The van der Waals surface area contributed by atoms with Crippen molar-refractivity contribution in [2.75, 3.05) is 11.4 Å². The number of hydrogen-bond acceptors (Lipinski definition) is 5. The van der Waals surface area contributed by atoms with E-state index in [0.717, 1.165) is 0 Å². The van der Waals surface area contributed by atoms with Crippen molar-refractivity contribution in [2.24, 2.45) is 11.0 Å². The number of nitrogens with zero attached hydrogens (tertiary/aromatic N) is 3. The number of hydrazone groups is 1. The number of halogens is 1. The number of nitro benzene ring substituents is 1. The molecular weight excluding hydrogens is 355 g/mol. The van der Waals surface area contributed by atoms with Gasteiger partial charge in [-0.15, -0.1) is 0 Å². The number of hydrogen-bond donors (Lipinski definition) is 1. The number of carbonyl (C=O) groups excluding carboxylic acids is 2. The number of rotatable bonds is 5. The molecule has 2 amide bonds. The first-order valence-electron chi connectivity index (χ1n) is 8.07. The van der Waals surface area contributed by atoms with Gasteiger partial charge >= 0.3 is 0 Å². The number of anilines is 1. The maximum Gasteiger partial charge on any atom is 0.269 e. The van der Waals surface area contributed by atoms with Crippen LogP contribution in [0.15, 0.2) is 53.6 Å². The van der Waals surface area contributed by atoms with Crippen LogP contribution in [0.25, 0.3) is 0 Å². The molecule has 9 heteroatoms. The minimum Gasteiger partial charge on any atom is -0.311 e. The fourth-order valence-electron chi connectivity index (χ4n) is 2.72. The summed E-state index contributed by atoms with van der Waals surface area (Å²) in [7, 11) is 0. The second-order valence-electron chi connectivity index (χ2n) is 5.97. The van der Waals surface area contributed by atoms with Crippen LogP contribution in [0.3, 0.4) is 0 Å². The fourth-order valence-corrected chi connectivity index (χ4v) is 2.72. The maximum atomic E-state index is 13.3. The van der Waals surface area contributed by atoms with Gasteiger partial charge in [-0.2, -0.15) is 5.10 Å². The predicted octanol–water partition coefficient (Wildman–Crippen LogP) is 2.24. The molecule has 1 aliphatic rings. The summed E-state index contributed by atoms with van der Waals surface area (Å²) in [6.45, 7) is 0.140. The Labute approximate surface area is 153 Å². The Balaban J connectivity index is 1.58. The van der Waals surface area contributed by atoms with Gasteiger partial charge in [-0.3, -0.25) is 19.7 Å². The van der Waals surface area contributed by atoms with E-state index in [1.54, 1.807) is 6.07 Å². The zero-order chi connectivity index (χ0) is 19.4. The molecule has 138 valence electrons. The lowest BCUT2D eigenvalue weighted by molar-refractivity contribution is -0.384. The molecule has 0 spiro atoms. The Hall–Kier alpha value is -3.62. The molecule has 0 aliphatic carbocycles. The standard InChI is InChI=1S/C18H15FN4O4/c19-14-2-1-3-16(9-14)22-11-13(8-17(22)24)18(25)21-20-10-12-4-6-15(7-5-12)23(26)27/h1-7,9-10,13H,8,11H2,(H,21,25). The van der Waals surface area contributed by atoms with Crippen LogP contribution in [0.1, 0.15) is 12.0 Å². The van der Waals surface area contributed by atoms with Crippen molar-refractivity contribution in [3.8, 4) is 0 Å². The van der Waals surface area contributed by atoms with Crippen LogP contribution in [-0.4, -0.2) is 29.5 Å². The molecule has 1 saturated heterocycles. The first-order chi connectivity index (χ1) is 12.9. The lowest BCUT2D eigenvalue weighted by Gasteiger charge is -2.16. The topological polar surface area (TPSA) is 105 Å². The number of nitro groups is 1. The van der Waals surface area contributed by atoms with Crippen LogP contribution in [0, 0.1) is 21.8 Å². The monoisotopic (exact) mass is 370 g/mol. The molecule has 1 fully saturated rings. The van der Waals surface area contributed by atoms with Gasteiger partial charge in [0.2, 0.25) is 11.8 Å². The summed E-state index contributed by atoms with van der Waals surface area (Å²) < 4.78 is 13.3. The molecule has 1 N–H and O–H groups in total. The largest absolute Gasteiger partial charge is 0.311 e. The first kappa shape index (κ1) is 18.2. The highest BCUT2D eigenvalue weighted by atomic mass is 19.1. The third-order valence-electron chi connectivity index (χ3n) is 4.11. The summed E-state index contributed by atoms with van der Waals surface area (Å²) in [6.07, 6.45) is 1.36. The molecule has 0 aromatic heterocycles. The molecule has 1 unspecified atom stereocenters. The number of nitrogens with one attached hydrogen (secondary N) is 1. The summed E-state index contributed by atoms with van der Waals surface area (Å²) in [6, 6.07) is 11.3. The summed E-state index contributed by atoms with van der Waals surface area (Å²) in [5.41, 5.74) is 3.30. The molecule has 1 atom stereocenters. The van der Waals surface area contributed by atoms with Crippen molar-refractivity contribution in [1.29, 1.82) is 0 Å². The number of non-ortho nitro benzene ring substituents is 1. The van der Waals surface area contributed by atoms with Crippen LogP contribution >= 0.6 is 0 Å². The zero-order valence-corrected chi connectivity index (χ0v) is 14.0. The van der Waals surface area contributed by atoms with Gasteiger partial charge < -0.3 is 4.90 Å². The van der Waals surface area contributed by atoms with Crippen molar-refractivity contribution < 1.29 is 18.9 Å². The third-order valence-corrected chi connectivity index (χ3v) is 4.11. The fraction of sp³-hybridized carbons (Fsp3) is 0.167. The van der Waals surface area contributed by atoms with E-state index >= 15 is 0 Å². The van der Waals surface area contributed by atoms with Crippen molar-refractivity contribution in [1.82, 2.24) is 5.43 Å². The lowest BCUT2D eigenvalue weighted by Crippen LogP contribution is -2.30. The van der Waals surface area contributed by atoms with E-state index in [2.05, 4.69) is 10.5 Å². The Morgan fingerprint density at radius 1 is 1.30 bits per heavy atom. The molecule has 1 heterocycles. The molecule has 27 heavy (non-hydrogen) atoms. The Morgan fingerprint density at radius 3 is 2.70 bits per heavy atom. The quantitative estimate of drug-likeness (QED) is 0.495. The Bertz CT molecular complexity index is 914. The van der Waals surface area contributed by atoms with Gasteiger partial charge in [-0.1, -0.05) is 6.07 Å². The first-order valence-corrected chi connectivity index (χ1v) is 8.07. The SMILES string of the molecule is O=C(NN=Cc1ccc([N+](=O)[O-])cc1)C1CC(=O)N(c2cccc(F)c2)C1. The van der Waals surface area contributed by atoms with Gasteiger partial charge in [-0.25, -0.2) is 9.82 Å². The highest BCUT2D eigenvalue weighted by Crippen LogP contribution is 2.25. The summed E-state index contributed by atoms with van der Waals surface area (Å²) >= 11 is 0. The van der Waals surface area contributed by atoms with Gasteiger partial charge in [0.15, 0.2) is 0 Å². The van der Waals surface area contributed by atoms with E-state index in [0.29, 0.717) is 11.3 Å². The van der Waals surface area contributed by atoms with Crippen LogP contribution in [0.4, 0.5) is 15.8 Å². The lowest BCUT2D eigenvalue weighted by atomic mass is 10.1.